The first-order chi connectivity index (χ1) is 38.5. The molecule has 0 spiro atoms. The number of allylic oxidation sites excluding steroid dienone is 5. The molecule has 0 saturated carbocycles. The van der Waals surface area contributed by atoms with Crippen molar-refractivity contribution in [3.05, 3.63) is 36.5 Å². The molecule has 0 radical (unpaired) electrons. The van der Waals surface area contributed by atoms with Crippen LogP contribution < -0.4 is 5.32 Å². The molecule has 1 amide bonds. The van der Waals surface area contributed by atoms with Crippen LogP contribution in [0, 0.1) is 0 Å². The van der Waals surface area contributed by atoms with Gasteiger partial charge >= 0.3 is 5.97 Å². The van der Waals surface area contributed by atoms with E-state index in [1.807, 2.05) is 6.08 Å². The maximum Gasteiger partial charge on any atom is 0.305 e. The summed E-state index contributed by atoms with van der Waals surface area (Å²) in [7, 11) is 0. The van der Waals surface area contributed by atoms with Crippen LogP contribution in [0.5, 0.6) is 0 Å². The topological polar surface area (TPSA) is 95.9 Å². The van der Waals surface area contributed by atoms with Crippen molar-refractivity contribution in [2.75, 3.05) is 13.2 Å². The van der Waals surface area contributed by atoms with E-state index in [0.717, 1.165) is 44.9 Å². The smallest absolute Gasteiger partial charge is 0.305 e. The van der Waals surface area contributed by atoms with Crippen LogP contribution in [-0.4, -0.2) is 47.4 Å². The lowest BCUT2D eigenvalue weighted by Crippen LogP contribution is -2.45. The molecule has 6 heteroatoms. The van der Waals surface area contributed by atoms with Crippen molar-refractivity contribution in [2.45, 2.75) is 398 Å². The molecule has 3 N–H and O–H groups in total. The molecule has 0 bridgehead atoms. The fourth-order valence-electron chi connectivity index (χ4n) is 11.0. The molecule has 0 aromatic carbocycles. The Morgan fingerprint density at radius 1 is 0.359 bits per heavy atom. The lowest BCUT2D eigenvalue weighted by molar-refractivity contribution is -0.143. The summed E-state index contributed by atoms with van der Waals surface area (Å²) in [5, 5.41) is 23.1. The summed E-state index contributed by atoms with van der Waals surface area (Å²) in [5.41, 5.74) is 0. The average Bonchev–Trinajstić information content (AvgIpc) is 3.44. The van der Waals surface area contributed by atoms with E-state index >= 15 is 0 Å². The molecule has 2 atom stereocenters. The Morgan fingerprint density at radius 2 is 0.641 bits per heavy atom. The highest BCUT2D eigenvalue weighted by Gasteiger charge is 2.18. The Morgan fingerprint density at radius 3 is 0.974 bits per heavy atom. The zero-order valence-electron chi connectivity index (χ0n) is 52.7. The van der Waals surface area contributed by atoms with E-state index in [2.05, 4.69) is 43.5 Å². The Labute approximate surface area is 487 Å². The monoisotopic (exact) mass is 1100 g/mol. The van der Waals surface area contributed by atoms with Crippen molar-refractivity contribution in [3.8, 4) is 0 Å². The van der Waals surface area contributed by atoms with Gasteiger partial charge in [0.25, 0.3) is 0 Å². The maximum atomic E-state index is 12.5. The standard InChI is InChI=1S/C72H137NO5/c1-3-5-7-9-11-13-15-44-48-52-56-60-64-70(75)69(68-74)73-71(76)65-61-57-53-49-45-42-40-38-36-34-32-30-28-26-24-22-20-18-17-19-21-23-25-27-29-31-33-35-37-39-41-43-47-51-55-59-63-67-78-72(77)66-62-58-54-50-46-16-14-12-10-8-6-4-2/h17,19,23,25,60,64,69-70,74-75H,3-16,18,20-22,24,26-59,61-63,65-68H2,1-2H3,(H,73,76)/b19-17-,25-23-,64-60+. The van der Waals surface area contributed by atoms with Crippen LogP contribution in [0.15, 0.2) is 36.5 Å². The SMILES string of the molecule is CCCCCCCCCCCC/C=C/C(O)C(CO)NC(=O)CCCCCCCCCCCCCCCCCCC/C=C\C/C=C\CCCCCCCCCCCCCCCOC(=O)CCCCCCCCCCCCCC. The number of rotatable bonds is 66. The number of aliphatic hydroxyl groups is 2. The zero-order chi connectivity index (χ0) is 56.4. The van der Waals surface area contributed by atoms with Crippen molar-refractivity contribution in [1.29, 1.82) is 0 Å². The molecule has 460 valence electrons. The van der Waals surface area contributed by atoms with E-state index in [1.54, 1.807) is 6.08 Å². The lowest BCUT2D eigenvalue weighted by Gasteiger charge is -2.20. The summed E-state index contributed by atoms with van der Waals surface area (Å²) in [6.45, 7) is 4.92. The minimum Gasteiger partial charge on any atom is -0.466 e. The molecule has 0 aliphatic heterocycles. The maximum absolute atomic E-state index is 12.5. The number of esters is 1. The van der Waals surface area contributed by atoms with Crippen LogP contribution in [-0.2, 0) is 14.3 Å². The van der Waals surface area contributed by atoms with Crippen LogP contribution in [0.25, 0.3) is 0 Å². The summed E-state index contributed by atoms with van der Waals surface area (Å²) in [4.78, 5) is 24.5. The normalized spacial score (nSPS) is 12.7. The van der Waals surface area contributed by atoms with Crippen molar-refractivity contribution in [3.63, 3.8) is 0 Å². The molecule has 0 heterocycles. The first-order valence-electron chi connectivity index (χ1n) is 35.3. The van der Waals surface area contributed by atoms with E-state index in [0.29, 0.717) is 19.4 Å². The third kappa shape index (κ3) is 63.3. The minimum atomic E-state index is -0.841. The van der Waals surface area contributed by atoms with Crippen LogP contribution in [0.3, 0.4) is 0 Å². The quantitative estimate of drug-likeness (QED) is 0.0320. The van der Waals surface area contributed by atoms with E-state index in [9.17, 15) is 19.8 Å². The van der Waals surface area contributed by atoms with Gasteiger partial charge in [-0.15, -0.1) is 0 Å². The van der Waals surface area contributed by atoms with E-state index < -0.39 is 12.1 Å². The number of nitrogens with one attached hydrogen (secondary N) is 1. The lowest BCUT2D eigenvalue weighted by atomic mass is 10.0. The fourth-order valence-corrected chi connectivity index (χ4v) is 11.0. The van der Waals surface area contributed by atoms with Gasteiger partial charge in [0, 0.05) is 12.8 Å². The molecule has 2 unspecified atom stereocenters. The highest BCUT2D eigenvalue weighted by Crippen LogP contribution is 2.18. The molecule has 6 nitrogen and oxygen atoms in total. The summed E-state index contributed by atoms with van der Waals surface area (Å²) >= 11 is 0. The average molecular weight is 1100 g/mol. The highest BCUT2D eigenvalue weighted by molar-refractivity contribution is 5.76. The van der Waals surface area contributed by atoms with Gasteiger partial charge < -0.3 is 20.3 Å². The molecule has 0 aromatic rings. The molecule has 0 aliphatic carbocycles. The van der Waals surface area contributed by atoms with Crippen molar-refractivity contribution >= 4 is 11.9 Å². The van der Waals surface area contributed by atoms with Gasteiger partial charge in [-0.05, 0) is 64.2 Å². The van der Waals surface area contributed by atoms with E-state index in [1.165, 1.54) is 315 Å². The molecule has 0 saturated heterocycles. The summed E-state index contributed by atoms with van der Waals surface area (Å²) in [6, 6.07) is -0.625. The van der Waals surface area contributed by atoms with Crippen molar-refractivity contribution in [2.24, 2.45) is 0 Å². The Bertz CT molecular complexity index is 1260. The van der Waals surface area contributed by atoms with Crippen LogP contribution in [0.1, 0.15) is 386 Å². The molecule has 0 rings (SSSR count). The number of carbonyl (C=O) groups is 2. The second-order valence-corrected chi connectivity index (χ2v) is 24.2. The summed E-state index contributed by atoms with van der Waals surface area (Å²) in [6.07, 6.45) is 86.7. The van der Waals surface area contributed by atoms with Gasteiger partial charge in [0.15, 0.2) is 0 Å². The highest BCUT2D eigenvalue weighted by atomic mass is 16.5. The Balaban J connectivity index is 3.36. The van der Waals surface area contributed by atoms with Gasteiger partial charge in [-0.25, -0.2) is 0 Å². The van der Waals surface area contributed by atoms with Crippen LogP contribution in [0.2, 0.25) is 0 Å². The molecule has 0 aliphatic rings. The number of unbranched alkanes of at least 4 members (excludes halogenated alkanes) is 51. The molecule has 78 heavy (non-hydrogen) atoms. The molecule has 0 fully saturated rings. The molecular formula is C72H137NO5. The number of hydrogen-bond donors (Lipinski definition) is 3. The van der Waals surface area contributed by atoms with Gasteiger partial charge in [0.05, 0.1) is 25.4 Å². The van der Waals surface area contributed by atoms with Crippen molar-refractivity contribution in [1.82, 2.24) is 5.32 Å². The minimum absolute atomic E-state index is 0.0195. The molecular weight excluding hydrogens is 959 g/mol. The summed E-state index contributed by atoms with van der Waals surface area (Å²) < 4.78 is 5.48. The summed E-state index contributed by atoms with van der Waals surface area (Å²) in [5.74, 6) is -0.0451. The second kappa shape index (κ2) is 67.6. The number of amides is 1. The number of ether oxygens (including phenoxy) is 1. The van der Waals surface area contributed by atoms with Gasteiger partial charge in [0.2, 0.25) is 5.91 Å². The van der Waals surface area contributed by atoms with Gasteiger partial charge in [-0.2, -0.15) is 0 Å². The largest absolute Gasteiger partial charge is 0.466 e. The first kappa shape index (κ1) is 76.1. The third-order valence-corrected chi connectivity index (χ3v) is 16.4. The number of aliphatic hydroxyl groups excluding tert-OH is 2. The van der Waals surface area contributed by atoms with Crippen LogP contribution in [0.4, 0.5) is 0 Å². The number of carbonyl (C=O) groups excluding carboxylic acids is 2. The van der Waals surface area contributed by atoms with Crippen molar-refractivity contribution < 1.29 is 24.5 Å². The third-order valence-electron chi connectivity index (χ3n) is 16.4. The van der Waals surface area contributed by atoms with Crippen LogP contribution >= 0.6 is 0 Å². The van der Waals surface area contributed by atoms with Gasteiger partial charge in [-0.1, -0.05) is 346 Å². The van der Waals surface area contributed by atoms with E-state index in [-0.39, 0.29) is 18.5 Å². The van der Waals surface area contributed by atoms with Gasteiger partial charge in [0.1, 0.15) is 0 Å². The second-order valence-electron chi connectivity index (χ2n) is 24.2. The predicted octanol–water partition coefficient (Wildman–Crippen LogP) is 22.7. The zero-order valence-corrected chi connectivity index (χ0v) is 52.7. The molecule has 0 aromatic heterocycles. The number of hydrogen-bond acceptors (Lipinski definition) is 5. The van der Waals surface area contributed by atoms with Gasteiger partial charge in [-0.3, -0.25) is 9.59 Å². The Hall–Kier alpha value is -1.92. The Kier molecular flexibility index (Phi) is 65.9. The fraction of sp³-hybridized carbons (Fsp3) is 0.889. The van der Waals surface area contributed by atoms with E-state index in [4.69, 9.17) is 4.74 Å². The predicted molar refractivity (Wildman–Crippen MR) is 343 cm³/mol. The first-order valence-corrected chi connectivity index (χ1v) is 35.3.